The van der Waals surface area contributed by atoms with E-state index in [-0.39, 0.29) is 29.8 Å². The highest BCUT2D eigenvalue weighted by Gasteiger charge is 2.36. The zero-order valence-corrected chi connectivity index (χ0v) is 18.1. The number of carbonyl (C=O) groups is 1. The zero-order valence-electron chi connectivity index (χ0n) is 16.5. The van der Waals surface area contributed by atoms with Crippen LogP contribution in [-0.4, -0.2) is 39.7 Å². The lowest BCUT2D eigenvalue weighted by Gasteiger charge is -2.42. The predicted octanol–water partition coefficient (Wildman–Crippen LogP) is 4.08. The number of aryl methyl sites for hydroxylation is 1. The number of hydrogen-bond acceptors (Lipinski definition) is 4. The molecule has 1 aliphatic rings. The van der Waals surface area contributed by atoms with Crippen LogP contribution in [-0.2, 0) is 6.54 Å². The molecule has 3 aromatic rings. The largest absolute Gasteiger partial charge is 0.337 e. The van der Waals surface area contributed by atoms with Crippen molar-refractivity contribution < 1.29 is 4.79 Å². The molecule has 150 valence electrons. The summed E-state index contributed by atoms with van der Waals surface area (Å²) in [7, 11) is 0. The van der Waals surface area contributed by atoms with Gasteiger partial charge in [0, 0.05) is 24.5 Å². The molecule has 1 atom stereocenters. The van der Waals surface area contributed by atoms with Crippen molar-refractivity contribution >= 4 is 39.9 Å². The number of halogens is 1. The van der Waals surface area contributed by atoms with Crippen molar-refractivity contribution in [3.63, 3.8) is 0 Å². The van der Waals surface area contributed by atoms with E-state index in [0.29, 0.717) is 13.1 Å². The number of benzene rings is 1. The number of carbonyl (C=O) groups excluding carboxylic acids is 1. The monoisotopic (exact) mass is 418 g/mol. The first-order valence-electron chi connectivity index (χ1n) is 9.41. The molecule has 7 heteroatoms. The van der Waals surface area contributed by atoms with Gasteiger partial charge >= 0.3 is 0 Å². The first-order chi connectivity index (χ1) is 12.8. The first kappa shape index (κ1) is 20.8. The summed E-state index contributed by atoms with van der Waals surface area (Å²) in [5.41, 5.74) is 8.35. The van der Waals surface area contributed by atoms with Crippen LogP contribution in [0.3, 0.4) is 0 Å². The van der Waals surface area contributed by atoms with E-state index in [9.17, 15) is 4.79 Å². The SMILES string of the molecule is Cc1nn(Cc2ccccc2)c2sc(C(=O)N3CCC(N)C(C)(C)C3)cc12.Cl. The lowest BCUT2D eigenvalue weighted by atomic mass is 9.79. The van der Waals surface area contributed by atoms with Gasteiger partial charge in [-0.15, -0.1) is 23.7 Å². The highest BCUT2D eigenvalue weighted by Crippen LogP contribution is 2.33. The average molecular weight is 419 g/mol. The third-order valence-electron chi connectivity index (χ3n) is 5.59. The Balaban J connectivity index is 0.00000225. The Morgan fingerprint density at radius 1 is 1.32 bits per heavy atom. The van der Waals surface area contributed by atoms with E-state index in [1.165, 1.54) is 5.56 Å². The van der Waals surface area contributed by atoms with Crippen molar-refractivity contribution in [1.29, 1.82) is 0 Å². The van der Waals surface area contributed by atoms with Gasteiger partial charge in [-0.2, -0.15) is 5.10 Å². The van der Waals surface area contributed by atoms with Crippen LogP contribution in [0.15, 0.2) is 36.4 Å². The van der Waals surface area contributed by atoms with E-state index in [1.807, 2.05) is 40.8 Å². The molecule has 1 aliphatic heterocycles. The van der Waals surface area contributed by atoms with E-state index in [4.69, 9.17) is 5.73 Å². The number of nitrogens with two attached hydrogens (primary N) is 1. The van der Waals surface area contributed by atoms with Crippen molar-refractivity contribution in [2.24, 2.45) is 11.1 Å². The topological polar surface area (TPSA) is 64.2 Å². The van der Waals surface area contributed by atoms with Crippen LogP contribution in [0, 0.1) is 12.3 Å². The standard InChI is InChI=1S/C21H26N4OS.ClH/c1-14-16-11-17(19(26)24-10-9-18(22)21(2,3)13-24)27-20(16)25(23-14)12-15-7-5-4-6-8-15;/h4-8,11,18H,9-10,12-13,22H2,1-3H3;1H. The zero-order chi connectivity index (χ0) is 19.2. The summed E-state index contributed by atoms with van der Waals surface area (Å²) < 4.78 is 2.01. The molecule has 2 N–H and O–H groups in total. The van der Waals surface area contributed by atoms with Crippen LogP contribution < -0.4 is 5.73 Å². The summed E-state index contributed by atoms with van der Waals surface area (Å²) in [6, 6.07) is 12.4. The maximum Gasteiger partial charge on any atom is 0.264 e. The molecule has 0 bridgehead atoms. The maximum atomic E-state index is 13.1. The highest BCUT2D eigenvalue weighted by molar-refractivity contribution is 7.20. The Morgan fingerprint density at radius 2 is 2.04 bits per heavy atom. The lowest BCUT2D eigenvalue weighted by molar-refractivity contribution is 0.0537. The molecule has 4 rings (SSSR count). The van der Waals surface area contributed by atoms with Crippen LogP contribution in [0.4, 0.5) is 0 Å². The molecule has 0 spiro atoms. The van der Waals surface area contributed by atoms with Gasteiger partial charge in [0.25, 0.3) is 5.91 Å². The number of likely N-dealkylation sites (tertiary alicyclic amines) is 1. The highest BCUT2D eigenvalue weighted by atomic mass is 35.5. The van der Waals surface area contributed by atoms with Gasteiger partial charge in [-0.05, 0) is 30.4 Å². The molecule has 28 heavy (non-hydrogen) atoms. The third kappa shape index (κ3) is 3.81. The molecule has 0 radical (unpaired) electrons. The van der Waals surface area contributed by atoms with E-state index < -0.39 is 0 Å². The summed E-state index contributed by atoms with van der Waals surface area (Å²) in [6.45, 7) is 8.44. The van der Waals surface area contributed by atoms with Gasteiger partial charge in [0.15, 0.2) is 0 Å². The fraction of sp³-hybridized carbons (Fsp3) is 0.429. The van der Waals surface area contributed by atoms with Gasteiger partial charge in [-0.1, -0.05) is 44.2 Å². The summed E-state index contributed by atoms with van der Waals surface area (Å²) in [5, 5.41) is 5.75. The second-order valence-electron chi connectivity index (χ2n) is 8.17. The molecular weight excluding hydrogens is 392 g/mol. The Hall–Kier alpha value is -1.89. The van der Waals surface area contributed by atoms with Gasteiger partial charge in [0.2, 0.25) is 0 Å². The molecule has 1 unspecified atom stereocenters. The smallest absolute Gasteiger partial charge is 0.264 e. The van der Waals surface area contributed by atoms with Gasteiger partial charge in [0.05, 0.1) is 17.1 Å². The summed E-state index contributed by atoms with van der Waals surface area (Å²) in [4.78, 5) is 16.9. The van der Waals surface area contributed by atoms with Crippen molar-refractivity contribution in [1.82, 2.24) is 14.7 Å². The minimum Gasteiger partial charge on any atom is -0.337 e. The van der Waals surface area contributed by atoms with E-state index in [2.05, 4.69) is 31.1 Å². The number of nitrogens with zero attached hydrogens (tertiary/aromatic N) is 3. The average Bonchev–Trinajstić information content (AvgIpc) is 3.19. The molecule has 3 heterocycles. The second-order valence-corrected chi connectivity index (χ2v) is 9.20. The molecular formula is C21H27ClN4OS. The number of rotatable bonds is 3. The molecule has 0 aliphatic carbocycles. The molecule has 1 aromatic carbocycles. The number of thiophene rings is 1. The maximum absolute atomic E-state index is 13.1. The summed E-state index contributed by atoms with van der Waals surface area (Å²) in [6.07, 6.45) is 0.852. The predicted molar refractivity (Wildman–Crippen MR) is 117 cm³/mol. The Morgan fingerprint density at radius 3 is 2.71 bits per heavy atom. The number of amides is 1. The molecule has 1 saturated heterocycles. The molecule has 1 amide bonds. The number of hydrogen-bond donors (Lipinski definition) is 1. The van der Waals surface area contributed by atoms with Gasteiger partial charge in [-0.3, -0.25) is 9.48 Å². The minimum atomic E-state index is -0.0510. The Bertz CT molecular complexity index is 979. The van der Waals surface area contributed by atoms with Crippen molar-refractivity contribution in [3.8, 4) is 0 Å². The molecule has 5 nitrogen and oxygen atoms in total. The Kier molecular flexibility index (Phi) is 5.84. The summed E-state index contributed by atoms with van der Waals surface area (Å²) in [5.74, 6) is 0.113. The van der Waals surface area contributed by atoms with Crippen molar-refractivity contribution in [2.45, 2.75) is 39.8 Å². The van der Waals surface area contributed by atoms with Crippen LogP contribution in [0.1, 0.15) is 41.2 Å². The van der Waals surface area contributed by atoms with Crippen LogP contribution in [0.25, 0.3) is 10.2 Å². The molecule has 0 saturated carbocycles. The first-order valence-corrected chi connectivity index (χ1v) is 10.2. The number of aromatic nitrogens is 2. The number of fused-ring (bicyclic) bond motifs is 1. The summed E-state index contributed by atoms with van der Waals surface area (Å²) >= 11 is 1.54. The van der Waals surface area contributed by atoms with Gasteiger partial charge < -0.3 is 10.6 Å². The van der Waals surface area contributed by atoms with Gasteiger partial charge in [-0.25, -0.2) is 0 Å². The van der Waals surface area contributed by atoms with Crippen LogP contribution >= 0.6 is 23.7 Å². The lowest BCUT2D eigenvalue weighted by Crippen LogP contribution is -2.53. The fourth-order valence-electron chi connectivity index (χ4n) is 3.78. The van der Waals surface area contributed by atoms with Crippen LogP contribution in [0.5, 0.6) is 0 Å². The minimum absolute atomic E-state index is 0. The Labute approximate surface area is 175 Å². The van der Waals surface area contributed by atoms with E-state index in [0.717, 1.165) is 33.8 Å². The van der Waals surface area contributed by atoms with Gasteiger partial charge in [0.1, 0.15) is 4.83 Å². The quantitative estimate of drug-likeness (QED) is 0.697. The second kappa shape index (κ2) is 7.85. The van der Waals surface area contributed by atoms with Crippen molar-refractivity contribution in [3.05, 3.63) is 52.5 Å². The van der Waals surface area contributed by atoms with E-state index in [1.54, 1.807) is 11.3 Å². The van der Waals surface area contributed by atoms with E-state index >= 15 is 0 Å². The number of piperidine rings is 1. The normalized spacial score (nSPS) is 18.9. The molecule has 1 fully saturated rings. The fourth-order valence-corrected chi connectivity index (χ4v) is 4.91. The van der Waals surface area contributed by atoms with Crippen LogP contribution in [0.2, 0.25) is 0 Å². The third-order valence-corrected chi connectivity index (χ3v) is 6.73. The van der Waals surface area contributed by atoms with Crippen molar-refractivity contribution in [2.75, 3.05) is 13.1 Å². The molecule has 2 aromatic heterocycles.